The van der Waals surface area contributed by atoms with Crippen LogP contribution in [0.5, 0.6) is 0 Å². The lowest BCUT2D eigenvalue weighted by atomic mass is 9.98. The summed E-state index contributed by atoms with van der Waals surface area (Å²) in [5.41, 5.74) is 1.42. The minimum atomic E-state index is -0.655. The van der Waals surface area contributed by atoms with Gasteiger partial charge in [-0.25, -0.2) is 0 Å². The molecule has 0 unspecified atom stereocenters. The van der Waals surface area contributed by atoms with Crippen molar-refractivity contribution < 1.29 is 14.7 Å². The molecule has 0 bridgehead atoms. The van der Waals surface area contributed by atoms with Crippen molar-refractivity contribution in [1.82, 2.24) is 4.90 Å². The number of likely N-dealkylation sites (tertiary alicyclic amines) is 1. The zero-order chi connectivity index (χ0) is 15.4. The van der Waals surface area contributed by atoms with Crippen LogP contribution in [0.2, 0.25) is 5.02 Å². The molecule has 2 N–H and O–H groups in total. The normalized spacial score (nSPS) is 15.9. The van der Waals surface area contributed by atoms with Crippen LogP contribution in [0, 0.1) is 12.8 Å². The number of anilines is 1. The van der Waals surface area contributed by atoms with Crippen LogP contribution in [-0.2, 0) is 9.59 Å². The number of nitrogens with zero attached hydrogens (tertiary/aromatic N) is 1. The molecule has 0 saturated carbocycles. The van der Waals surface area contributed by atoms with E-state index < -0.39 is 11.8 Å². The molecule has 1 heterocycles. The first kappa shape index (κ1) is 15.8. The third kappa shape index (κ3) is 3.95. The number of amides is 2. The summed E-state index contributed by atoms with van der Waals surface area (Å²) in [7, 11) is 0. The maximum absolute atomic E-state index is 12.1. The predicted octanol–water partition coefficient (Wildman–Crippen LogP) is 1.82. The summed E-state index contributed by atoms with van der Waals surface area (Å²) in [4.78, 5) is 25.6. The number of halogens is 1. The quantitative estimate of drug-likeness (QED) is 0.819. The Kier molecular flexibility index (Phi) is 5.20. The van der Waals surface area contributed by atoms with E-state index in [0.717, 1.165) is 18.4 Å². The zero-order valence-corrected chi connectivity index (χ0v) is 12.7. The number of aliphatic hydroxyl groups excluding tert-OH is 1. The fourth-order valence-corrected chi connectivity index (χ4v) is 2.50. The highest BCUT2D eigenvalue weighted by molar-refractivity contribution is 6.39. The Labute approximate surface area is 128 Å². The van der Waals surface area contributed by atoms with Crippen LogP contribution in [-0.4, -0.2) is 41.5 Å². The second-order valence-corrected chi connectivity index (χ2v) is 5.74. The fraction of sp³-hybridized carbons (Fsp3) is 0.467. The van der Waals surface area contributed by atoms with Crippen molar-refractivity contribution in [2.24, 2.45) is 5.92 Å². The summed E-state index contributed by atoms with van der Waals surface area (Å²) in [5.74, 6) is -0.964. The van der Waals surface area contributed by atoms with Crippen molar-refractivity contribution in [2.45, 2.75) is 19.8 Å². The van der Waals surface area contributed by atoms with Crippen LogP contribution < -0.4 is 5.32 Å². The number of carbonyl (C=O) groups excluding carboxylic acids is 2. The van der Waals surface area contributed by atoms with E-state index in [1.165, 1.54) is 4.90 Å². The SMILES string of the molecule is Cc1ccc(NC(=O)C(=O)N2CCC(CO)CC2)cc1Cl. The molecule has 5 nitrogen and oxygen atoms in total. The van der Waals surface area contributed by atoms with Gasteiger partial charge in [-0.05, 0) is 43.4 Å². The molecule has 1 aliphatic rings. The Bertz CT molecular complexity index is 540. The van der Waals surface area contributed by atoms with E-state index in [0.29, 0.717) is 23.8 Å². The van der Waals surface area contributed by atoms with Crippen molar-refractivity contribution >= 4 is 29.1 Å². The van der Waals surface area contributed by atoms with E-state index in [-0.39, 0.29) is 12.5 Å². The number of piperidine rings is 1. The maximum Gasteiger partial charge on any atom is 0.313 e. The number of benzene rings is 1. The van der Waals surface area contributed by atoms with Crippen LogP contribution >= 0.6 is 11.6 Å². The Morgan fingerprint density at radius 1 is 1.38 bits per heavy atom. The molecule has 0 radical (unpaired) electrons. The molecular weight excluding hydrogens is 292 g/mol. The molecule has 114 valence electrons. The number of aryl methyl sites for hydroxylation is 1. The summed E-state index contributed by atoms with van der Waals surface area (Å²) in [5, 5.41) is 12.2. The molecule has 1 fully saturated rings. The van der Waals surface area contributed by atoms with Gasteiger partial charge < -0.3 is 15.3 Å². The lowest BCUT2D eigenvalue weighted by Gasteiger charge is -2.30. The van der Waals surface area contributed by atoms with Crippen LogP contribution in [0.25, 0.3) is 0 Å². The Hall–Kier alpha value is -1.59. The number of rotatable bonds is 2. The number of hydrogen-bond acceptors (Lipinski definition) is 3. The molecule has 1 saturated heterocycles. The Morgan fingerprint density at radius 3 is 2.62 bits per heavy atom. The average molecular weight is 311 g/mol. The minimum Gasteiger partial charge on any atom is -0.396 e. The molecule has 0 aromatic heterocycles. The molecule has 0 aliphatic carbocycles. The van der Waals surface area contributed by atoms with Gasteiger partial charge in [-0.2, -0.15) is 0 Å². The van der Waals surface area contributed by atoms with E-state index in [2.05, 4.69) is 5.32 Å². The topological polar surface area (TPSA) is 69.6 Å². The van der Waals surface area contributed by atoms with Crippen molar-refractivity contribution in [1.29, 1.82) is 0 Å². The van der Waals surface area contributed by atoms with Crippen LogP contribution in [0.15, 0.2) is 18.2 Å². The van der Waals surface area contributed by atoms with Gasteiger partial charge in [-0.15, -0.1) is 0 Å². The van der Waals surface area contributed by atoms with Gasteiger partial charge in [-0.1, -0.05) is 17.7 Å². The fourth-order valence-electron chi connectivity index (χ4n) is 2.32. The molecule has 21 heavy (non-hydrogen) atoms. The number of nitrogens with one attached hydrogen (secondary N) is 1. The van der Waals surface area contributed by atoms with Crippen molar-refractivity contribution in [3.63, 3.8) is 0 Å². The number of hydrogen-bond donors (Lipinski definition) is 2. The second-order valence-electron chi connectivity index (χ2n) is 5.34. The molecule has 1 aromatic carbocycles. The summed E-state index contributed by atoms with van der Waals surface area (Å²) in [6.45, 7) is 3.01. The van der Waals surface area contributed by atoms with Gasteiger partial charge in [0.15, 0.2) is 0 Å². The predicted molar refractivity (Wildman–Crippen MR) is 81.2 cm³/mol. The van der Waals surface area contributed by atoms with Crippen LogP contribution in [0.4, 0.5) is 5.69 Å². The van der Waals surface area contributed by atoms with Gasteiger partial charge >= 0.3 is 11.8 Å². The summed E-state index contributed by atoms with van der Waals surface area (Å²) in [6.07, 6.45) is 1.46. The molecule has 6 heteroatoms. The Balaban J connectivity index is 1.93. The molecule has 0 atom stereocenters. The number of carbonyl (C=O) groups is 2. The molecule has 1 aliphatic heterocycles. The van der Waals surface area contributed by atoms with Crippen molar-refractivity contribution in [3.8, 4) is 0 Å². The van der Waals surface area contributed by atoms with E-state index in [9.17, 15) is 9.59 Å². The highest BCUT2D eigenvalue weighted by Crippen LogP contribution is 2.20. The first-order chi connectivity index (χ1) is 10.0. The average Bonchev–Trinajstić information content (AvgIpc) is 2.50. The highest BCUT2D eigenvalue weighted by Gasteiger charge is 2.26. The van der Waals surface area contributed by atoms with Gasteiger partial charge in [0, 0.05) is 30.4 Å². The van der Waals surface area contributed by atoms with Gasteiger partial charge in [0.25, 0.3) is 0 Å². The molecule has 2 rings (SSSR count). The molecule has 0 spiro atoms. The largest absolute Gasteiger partial charge is 0.396 e. The van der Waals surface area contributed by atoms with Crippen LogP contribution in [0.1, 0.15) is 18.4 Å². The zero-order valence-electron chi connectivity index (χ0n) is 11.9. The lowest BCUT2D eigenvalue weighted by Crippen LogP contribution is -2.44. The maximum atomic E-state index is 12.1. The lowest BCUT2D eigenvalue weighted by molar-refractivity contribution is -0.144. The third-order valence-corrected chi connectivity index (χ3v) is 4.19. The Morgan fingerprint density at radius 2 is 2.05 bits per heavy atom. The van der Waals surface area contributed by atoms with E-state index in [1.54, 1.807) is 18.2 Å². The first-order valence-electron chi connectivity index (χ1n) is 6.98. The molecular formula is C15H19ClN2O3. The van der Waals surface area contributed by atoms with Gasteiger partial charge in [-0.3, -0.25) is 9.59 Å². The highest BCUT2D eigenvalue weighted by atomic mass is 35.5. The molecule has 2 amide bonds. The van der Waals surface area contributed by atoms with E-state index in [1.807, 2.05) is 6.92 Å². The summed E-state index contributed by atoms with van der Waals surface area (Å²) >= 11 is 5.99. The first-order valence-corrected chi connectivity index (χ1v) is 7.36. The summed E-state index contributed by atoms with van der Waals surface area (Å²) in [6, 6.07) is 5.12. The van der Waals surface area contributed by atoms with Gasteiger partial charge in [0.05, 0.1) is 0 Å². The van der Waals surface area contributed by atoms with Gasteiger partial charge in [0.2, 0.25) is 0 Å². The third-order valence-electron chi connectivity index (χ3n) is 3.78. The van der Waals surface area contributed by atoms with Gasteiger partial charge in [0.1, 0.15) is 0 Å². The standard InChI is InChI=1S/C15H19ClN2O3/c1-10-2-3-12(8-13(10)16)17-14(20)15(21)18-6-4-11(9-19)5-7-18/h2-3,8,11,19H,4-7,9H2,1H3,(H,17,20). The smallest absolute Gasteiger partial charge is 0.313 e. The van der Waals surface area contributed by atoms with E-state index >= 15 is 0 Å². The molecule has 1 aromatic rings. The summed E-state index contributed by atoms with van der Waals surface area (Å²) < 4.78 is 0. The van der Waals surface area contributed by atoms with E-state index in [4.69, 9.17) is 16.7 Å². The van der Waals surface area contributed by atoms with Crippen molar-refractivity contribution in [2.75, 3.05) is 25.0 Å². The number of aliphatic hydroxyl groups is 1. The minimum absolute atomic E-state index is 0.135. The van der Waals surface area contributed by atoms with Crippen LogP contribution in [0.3, 0.4) is 0 Å². The second kappa shape index (κ2) is 6.91. The van der Waals surface area contributed by atoms with Crippen molar-refractivity contribution in [3.05, 3.63) is 28.8 Å². The monoisotopic (exact) mass is 310 g/mol.